The van der Waals surface area contributed by atoms with Crippen LogP contribution < -0.4 is 10.1 Å². The van der Waals surface area contributed by atoms with E-state index in [4.69, 9.17) is 4.74 Å². The lowest BCUT2D eigenvalue weighted by Gasteiger charge is -2.49. The molecule has 0 spiro atoms. The highest BCUT2D eigenvalue weighted by atomic mass is 16.5. The molecule has 0 aliphatic carbocycles. The van der Waals surface area contributed by atoms with Crippen LogP contribution in [0.15, 0.2) is 24.3 Å². The number of rotatable bonds is 0. The van der Waals surface area contributed by atoms with Crippen LogP contribution in [0.1, 0.15) is 24.9 Å². The molecule has 2 aliphatic rings. The maximum atomic E-state index is 11.8. The molecular weight excluding hydrogens is 204 g/mol. The standard InChI is InChI=1S/C12H14N2O2/c1-12-7-9(13-11(15)14(12)2)8-5-3-4-6-10(8)16-12/h3-6,9H,7H2,1-2H3,(H,13,15)/t9-,12+/m0/s1. The molecule has 84 valence electrons. The van der Waals surface area contributed by atoms with Gasteiger partial charge in [-0.3, -0.25) is 4.90 Å². The topological polar surface area (TPSA) is 41.6 Å². The Balaban J connectivity index is 2.11. The van der Waals surface area contributed by atoms with Crippen molar-refractivity contribution in [3.05, 3.63) is 29.8 Å². The van der Waals surface area contributed by atoms with Gasteiger partial charge in [0.25, 0.3) is 0 Å². The molecule has 2 atom stereocenters. The first-order valence-corrected chi connectivity index (χ1v) is 5.42. The van der Waals surface area contributed by atoms with Gasteiger partial charge in [0.2, 0.25) is 0 Å². The molecule has 1 fully saturated rings. The molecule has 1 aromatic carbocycles. The predicted molar refractivity (Wildman–Crippen MR) is 59.1 cm³/mol. The molecule has 2 bridgehead atoms. The van der Waals surface area contributed by atoms with Gasteiger partial charge < -0.3 is 10.1 Å². The van der Waals surface area contributed by atoms with Crippen molar-refractivity contribution in [2.45, 2.75) is 25.1 Å². The first kappa shape index (κ1) is 9.51. The molecule has 1 saturated heterocycles. The number of carbonyl (C=O) groups is 1. The lowest BCUT2D eigenvalue weighted by molar-refractivity contribution is -0.0718. The highest BCUT2D eigenvalue weighted by Gasteiger charge is 2.47. The van der Waals surface area contributed by atoms with E-state index < -0.39 is 5.72 Å². The second-order valence-corrected chi connectivity index (χ2v) is 4.58. The second-order valence-electron chi connectivity index (χ2n) is 4.58. The minimum absolute atomic E-state index is 0.0682. The van der Waals surface area contributed by atoms with Crippen molar-refractivity contribution in [1.29, 1.82) is 0 Å². The smallest absolute Gasteiger partial charge is 0.320 e. The monoisotopic (exact) mass is 218 g/mol. The Morgan fingerprint density at radius 1 is 1.50 bits per heavy atom. The highest BCUT2D eigenvalue weighted by Crippen LogP contribution is 2.42. The largest absolute Gasteiger partial charge is 0.468 e. The van der Waals surface area contributed by atoms with Crippen molar-refractivity contribution >= 4 is 6.03 Å². The van der Waals surface area contributed by atoms with Gasteiger partial charge >= 0.3 is 6.03 Å². The van der Waals surface area contributed by atoms with E-state index in [0.717, 1.165) is 17.7 Å². The summed E-state index contributed by atoms with van der Waals surface area (Å²) in [5, 5.41) is 2.99. The maximum Gasteiger partial charge on any atom is 0.320 e. The number of nitrogens with one attached hydrogen (secondary N) is 1. The summed E-state index contributed by atoms with van der Waals surface area (Å²) in [6.07, 6.45) is 0.784. The van der Waals surface area contributed by atoms with Crippen LogP contribution in [0.25, 0.3) is 0 Å². The summed E-state index contributed by atoms with van der Waals surface area (Å²) in [6.45, 7) is 1.95. The quantitative estimate of drug-likeness (QED) is 0.722. The van der Waals surface area contributed by atoms with Crippen LogP contribution in [0.4, 0.5) is 4.79 Å². The average molecular weight is 218 g/mol. The second kappa shape index (κ2) is 2.90. The molecule has 1 N–H and O–H groups in total. The third-order valence-corrected chi connectivity index (χ3v) is 3.52. The fourth-order valence-corrected chi connectivity index (χ4v) is 2.42. The minimum atomic E-state index is -0.526. The van der Waals surface area contributed by atoms with E-state index in [2.05, 4.69) is 5.32 Å². The van der Waals surface area contributed by atoms with Gasteiger partial charge in [0.1, 0.15) is 5.75 Å². The van der Waals surface area contributed by atoms with Gasteiger partial charge in [-0.2, -0.15) is 0 Å². The lowest BCUT2D eigenvalue weighted by atomic mass is 9.91. The Morgan fingerprint density at radius 3 is 3.06 bits per heavy atom. The zero-order valence-electron chi connectivity index (χ0n) is 9.36. The number of benzene rings is 1. The predicted octanol–water partition coefficient (Wildman–Crippen LogP) is 1.88. The molecule has 0 saturated carbocycles. The zero-order chi connectivity index (χ0) is 11.3. The van der Waals surface area contributed by atoms with Crippen LogP contribution in [0.2, 0.25) is 0 Å². The Bertz CT molecular complexity index is 460. The molecule has 0 unspecified atom stereocenters. The molecule has 4 nitrogen and oxygen atoms in total. The summed E-state index contributed by atoms with van der Waals surface area (Å²) in [4.78, 5) is 13.4. The number of fused-ring (bicyclic) bond motifs is 4. The number of hydrogen-bond donors (Lipinski definition) is 1. The van der Waals surface area contributed by atoms with E-state index in [-0.39, 0.29) is 12.1 Å². The van der Waals surface area contributed by atoms with Gasteiger partial charge in [-0.1, -0.05) is 18.2 Å². The van der Waals surface area contributed by atoms with Crippen LogP contribution in [0.5, 0.6) is 5.75 Å². The van der Waals surface area contributed by atoms with Gasteiger partial charge in [0.05, 0.1) is 6.04 Å². The fourth-order valence-electron chi connectivity index (χ4n) is 2.42. The van der Waals surface area contributed by atoms with Crippen molar-refractivity contribution in [2.75, 3.05) is 7.05 Å². The van der Waals surface area contributed by atoms with Crippen molar-refractivity contribution < 1.29 is 9.53 Å². The third-order valence-electron chi connectivity index (χ3n) is 3.52. The van der Waals surface area contributed by atoms with E-state index in [1.165, 1.54) is 0 Å². The van der Waals surface area contributed by atoms with Gasteiger partial charge in [-0.05, 0) is 13.0 Å². The van der Waals surface area contributed by atoms with Gasteiger partial charge in [-0.25, -0.2) is 4.79 Å². The van der Waals surface area contributed by atoms with E-state index in [1.54, 1.807) is 11.9 Å². The highest BCUT2D eigenvalue weighted by molar-refractivity contribution is 5.77. The molecule has 0 aromatic heterocycles. The summed E-state index contributed by atoms with van der Waals surface area (Å²) in [7, 11) is 1.76. The van der Waals surface area contributed by atoms with Crippen molar-refractivity contribution in [2.24, 2.45) is 0 Å². The van der Waals surface area contributed by atoms with Crippen LogP contribution in [-0.2, 0) is 0 Å². The van der Waals surface area contributed by atoms with Gasteiger partial charge in [0.15, 0.2) is 5.72 Å². The summed E-state index contributed by atoms with van der Waals surface area (Å²) in [5.74, 6) is 0.869. The van der Waals surface area contributed by atoms with Crippen LogP contribution in [0.3, 0.4) is 0 Å². The normalized spacial score (nSPS) is 31.5. The van der Waals surface area contributed by atoms with E-state index >= 15 is 0 Å². The number of hydrogen-bond acceptors (Lipinski definition) is 2. The Morgan fingerprint density at radius 2 is 2.25 bits per heavy atom. The summed E-state index contributed by atoms with van der Waals surface area (Å²) >= 11 is 0. The molecule has 2 amide bonds. The maximum absolute atomic E-state index is 11.8. The SMILES string of the molecule is CN1C(=O)N[C@H]2C[C@@]1(C)Oc1ccccc12. The Labute approximate surface area is 94.2 Å². The third kappa shape index (κ3) is 1.13. The van der Waals surface area contributed by atoms with Crippen LogP contribution in [0, 0.1) is 0 Å². The average Bonchev–Trinajstić information content (AvgIpc) is 2.26. The van der Waals surface area contributed by atoms with Crippen molar-refractivity contribution in [1.82, 2.24) is 10.2 Å². The minimum Gasteiger partial charge on any atom is -0.468 e. The molecule has 4 heteroatoms. The zero-order valence-corrected chi connectivity index (χ0v) is 9.36. The number of nitrogens with zero attached hydrogens (tertiary/aromatic N) is 1. The first-order valence-electron chi connectivity index (χ1n) is 5.42. The van der Waals surface area contributed by atoms with Crippen LogP contribution >= 0.6 is 0 Å². The molecule has 2 aliphatic heterocycles. The summed E-state index contributed by atoms with van der Waals surface area (Å²) < 4.78 is 5.94. The number of urea groups is 1. The van der Waals surface area contributed by atoms with Crippen molar-refractivity contribution in [3.8, 4) is 5.75 Å². The molecule has 16 heavy (non-hydrogen) atoms. The van der Waals surface area contributed by atoms with E-state index in [9.17, 15) is 4.79 Å². The molecule has 1 aromatic rings. The number of para-hydroxylation sites is 1. The Kier molecular flexibility index (Phi) is 1.73. The number of ether oxygens (including phenoxy) is 1. The van der Waals surface area contributed by atoms with E-state index in [1.807, 2.05) is 31.2 Å². The lowest BCUT2D eigenvalue weighted by Crippen LogP contribution is -2.63. The van der Waals surface area contributed by atoms with Crippen LogP contribution in [-0.4, -0.2) is 23.7 Å². The Hall–Kier alpha value is -1.71. The summed E-state index contributed by atoms with van der Waals surface area (Å²) in [6, 6.07) is 7.86. The van der Waals surface area contributed by atoms with E-state index in [0.29, 0.717) is 0 Å². The number of amides is 2. The fraction of sp³-hybridized carbons (Fsp3) is 0.417. The first-order chi connectivity index (χ1) is 7.60. The van der Waals surface area contributed by atoms with Gasteiger partial charge in [-0.15, -0.1) is 0 Å². The molecule has 2 heterocycles. The molecule has 0 radical (unpaired) electrons. The summed E-state index contributed by atoms with van der Waals surface area (Å²) in [5.41, 5.74) is 0.544. The van der Waals surface area contributed by atoms with Crippen molar-refractivity contribution in [3.63, 3.8) is 0 Å². The molecule has 3 rings (SSSR count). The molecular formula is C12H14N2O2. The van der Waals surface area contributed by atoms with Gasteiger partial charge in [0, 0.05) is 19.0 Å². The number of carbonyl (C=O) groups excluding carboxylic acids is 1.